The zero-order valence-electron chi connectivity index (χ0n) is 20.0. The molecule has 4 N–H and O–H groups in total. The number of benzene rings is 2. The number of sulfonamides is 1. The number of rotatable bonds is 8. The maximum absolute atomic E-state index is 13.2. The number of carbonyl (C=O) groups excluding carboxylic acids is 1. The first-order chi connectivity index (χ1) is 17.6. The van der Waals surface area contributed by atoms with Crippen LogP contribution in [-0.4, -0.2) is 42.1 Å². The van der Waals surface area contributed by atoms with Crippen molar-refractivity contribution >= 4 is 22.0 Å². The molecule has 0 saturated heterocycles. The number of amides is 2. The molecule has 1 saturated carbocycles. The lowest BCUT2D eigenvalue weighted by Crippen LogP contribution is -2.61. The van der Waals surface area contributed by atoms with Crippen molar-refractivity contribution in [2.75, 3.05) is 0 Å². The molecule has 1 aliphatic carbocycles. The average molecular weight is 531 g/mol. The van der Waals surface area contributed by atoms with Crippen LogP contribution in [0.3, 0.4) is 0 Å². The highest BCUT2D eigenvalue weighted by Gasteiger charge is 2.44. The number of nitrogens with one attached hydrogen (secondary N) is 3. The molecule has 2 aromatic carbocycles. The van der Waals surface area contributed by atoms with Gasteiger partial charge in [0.25, 0.3) is 0 Å². The SMILES string of the molecule is C[C@@H](NC(=O)C1(NC(=O)O)CCC(NS(=O)(=O)c2ccc(-c3cocn3)cc2)CC1)c1ccc(F)cc1. The minimum absolute atomic E-state index is 0.0751. The van der Waals surface area contributed by atoms with Gasteiger partial charge in [-0.3, -0.25) is 4.79 Å². The first-order valence-corrected chi connectivity index (χ1v) is 13.1. The number of halogens is 1. The highest BCUT2D eigenvalue weighted by molar-refractivity contribution is 7.89. The van der Waals surface area contributed by atoms with Crippen LogP contribution in [0.1, 0.15) is 44.2 Å². The van der Waals surface area contributed by atoms with Crippen LogP contribution < -0.4 is 15.4 Å². The van der Waals surface area contributed by atoms with E-state index in [0.29, 0.717) is 16.8 Å². The van der Waals surface area contributed by atoms with E-state index in [9.17, 15) is 27.5 Å². The van der Waals surface area contributed by atoms with Crippen molar-refractivity contribution < 1.29 is 31.9 Å². The fourth-order valence-electron chi connectivity index (χ4n) is 4.46. The van der Waals surface area contributed by atoms with Crippen molar-refractivity contribution in [1.82, 2.24) is 20.3 Å². The molecule has 4 rings (SSSR count). The van der Waals surface area contributed by atoms with Gasteiger partial charge in [0.1, 0.15) is 23.3 Å². The molecule has 37 heavy (non-hydrogen) atoms. The zero-order valence-corrected chi connectivity index (χ0v) is 20.8. The summed E-state index contributed by atoms with van der Waals surface area (Å²) in [5.74, 6) is -0.922. The lowest BCUT2D eigenvalue weighted by molar-refractivity contribution is -0.129. The number of oxazole rings is 1. The summed E-state index contributed by atoms with van der Waals surface area (Å²) in [6.45, 7) is 1.72. The van der Waals surface area contributed by atoms with Gasteiger partial charge in [-0.1, -0.05) is 24.3 Å². The summed E-state index contributed by atoms with van der Waals surface area (Å²) in [5, 5.41) is 14.5. The Morgan fingerprint density at radius 1 is 1.11 bits per heavy atom. The van der Waals surface area contributed by atoms with Crippen LogP contribution in [0.4, 0.5) is 9.18 Å². The van der Waals surface area contributed by atoms with E-state index < -0.39 is 45.5 Å². The van der Waals surface area contributed by atoms with Gasteiger partial charge in [0.15, 0.2) is 6.39 Å². The number of hydrogen-bond acceptors (Lipinski definition) is 6. The van der Waals surface area contributed by atoms with Crippen molar-refractivity contribution in [3.05, 3.63) is 72.6 Å². The number of hydrogen-bond donors (Lipinski definition) is 4. The molecule has 1 aromatic heterocycles. The van der Waals surface area contributed by atoms with E-state index in [-0.39, 0.29) is 30.6 Å². The predicted molar refractivity (Wildman–Crippen MR) is 131 cm³/mol. The maximum atomic E-state index is 13.2. The molecule has 2 amide bonds. The summed E-state index contributed by atoms with van der Waals surface area (Å²) in [6, 6.07) is 10.9. The van der Waals surface area contributed by atoms with Crippen molar-refractivity contribution in [3.63, 3.8) is 0 Å². The van der Waals surface area contributed by atoms with Crippen LogP contribution in [0.15, 0.2) is 70.5 Å². The summed E-state index contributed by atoms with van der Waals surface area (Å²) in [7, 11) is -3.85. The molecule has 0 spiro atoms. The zero-order chi connectivity index (χ0) is 26.6. The molecule has 1 aliphatic rings. The van der Waals surface area contributed by atoms with Crippen LogP contribution in [0.5, 0.6) is 0 Å². The third kappa shape index (κ3) is 6.15. The number of aromatic nitrogens is 1. The normalized spacial score (nSPS) is 20.6. The Balaban J connectivity index is 1.41. The number of carboxylic acid groups (broad SMARTS) is 1. The molecule has 0 radical (unpaired) electrons. The van der Waals surface area contributed by atoms with Gasteiger partial charge < -0.3 is 20.2 Å². The Morgan fingerprint density at radius 2 is 1.76 bits per heavy atom. The van der Waals surface area contributed by atoms with Crippen molar-refractivity contribution in [1.29, 1.82) is 0 Å². The summed E-state index contributed by atoms with van der Waals surface area (Å²) < 4.78 is 46.7. The van der Waals surface area contributed by atoms with E-state index in [1.807, 2.05) is 0 Å². The van der Waals surface area contributed by atoms with Gasteiger partial charge in [-0.2, -0.15) is 0 Å². The van der Waals surface area contributed by atoms with Gasteiger partial charge in [0.2, 0.25) is 15.9 Å². The fourth-order valence-corrected chi connectivity index (χ4v) is 5.76. The fraction of sp³-hybridized carbons (Fsp3) is 0.320. The summed E-state index contributed by atoms with van der Waals surface area (Å²) in [5.41, 5.74) is 0.534. The molecular formula is C25H27FN4O6S. The molecule has 0 unspecified atom stereocenters. The monoisotopic (exact) mass is 530 g/mol. The third-order valence-corrected chi connectivity index (χ3v) is 8.09. The van der Waals surface area contributed by atoms with Crippen LogP contribution in [0.2, 0.25) is 0 Å². The Bertz CT molecular complexity index is 1340. The highest BCUT2D eigenvalue weighted by atomic mass is 32.2. The molecule has 3 aromatic rings. The molecule has 12 heteroatoms. The minimum atomic E-state index is -3.85. The van der Waals surface area contributed by atoms with Gasteiger partial charge in [-0.15, -0.1) is 0 Å². The molecular weight excluding hydrogens is 503 g/mol. The average Bonchev–Trinajstić information content (AvgIpc) is 3.40. The lowest BCUT2D eigenvalue weighted by atomic mass is 9.78. The van der Waals surface area contributed by atoms with Crippen LogP contribution >= 0.6 is 0 Å². The third-order valence-electron chi connectivity index (χ3n) is 6.55. The largest absolute Gasteiger partial charge is 0.465 e. The number of nitrogens with zero attached hydrogens (tertiary/aromatic N) is 1. The van der Waals surface area contributed by atoms with E-state index in [1.54, 1.807) is 31.2 Å². The topological polar surface area (TPSA) is 151 Å². The molecule has 0 aliphatic heterocycles. The van der Waals surface area contributed by atoms with E-state index in [1.165, 1.54) is 36.9 Å². The lowest BCUT2D eigenvalue weighted by Gasteiger charge is -2.39. The van der Waals surface area contributed by atoms with Crippen molar-refractivity contribution in [2.45, 2.75) is 55.1 Å². The standard InChI is InChI=1S/C25H27FN4O6S/c1-16(17-2-6-19(26)7-3-17)28-23(31)25(29-24(32)33)12-10-20(11-13-25)30-37(34,35)21-8-4-18(5-9-21)22-14-36-15-27-22/h2-9,14-16,20,29-30H,10-13H2,1H3,(H,28,31)(H,32,33)/t16-,20?,25?/m1/s1. The van der Waals surface area contributed by atoms with Crippen LogP contribution in [0.25, 0.3) is 11.3 Å². The second kappa shape index (κ2) is 10.7. The molecule has 1 fully saturated rings. The van der Waals surface area contributed by atoms with Gasteiger partial charge in [-0.05, 0) is 62.4 Å². The Labute approximate surface area is 213 Å². The molecule has 1 heterocycles. The first kappa shape index (κ1) is 26.3. The quantitative estimate of drug-likeness (QED) is 0.347. The summed E-state index contributed by atoms with van der Waals surface area (Å²) in [6.07, 6.45) is 2.07. The molecule has 196 valence electrons. The number of carbonyl (C=O) groups is 2. The molecule has 1 atom stereocenters. The van der Waals surface area contributed by atoms with Crippen LogP contribution in [0, 0.1) is 5.82 Å². The Hall–Kier alpha value is -3.77. The van der Waals surface area contributed by atoms with E-state index in [2.05, 4.69) is 20.3 Å². The second-order valence-electron chi connectivity index (χ2n) is 9.05. The summed E-state index contributed by atoms with van der Waals surface area (Å²) >= 11 is 0. The van der Waals surface area contributed by atoms with Crippen LogP contribution in [-0.2, 0) is 14.8 Å². The molecule has 0 bridgehead atoms. The van der Waals surface area contributed by atoms with E-state index in [0.717, 1.165) is 0 Å². The summed E-state index contributed by atoms with van der Waals surface area (Å²) in [4.78, 5) is 28.8. The smallest absolute Gasteiger partial charge is 0.405 e. The van der Waals surface area contributed by atoms with Crippen molar-refractivity contribution in [3.8, 4) is 11.3 Å². The molecule has 10 nitrogen and oxygen atoms in total. The highest BCUT2D eigenvalue weighted by Crippen LogP contribution is 2.31. The maximum Gasteiger partial charge on any atom is 0.405 e. The minimum Gasteiger partial charge on any atom is -0.465 e. The van der Waals surface area contributed by atoms with E-state index in [4.69, 9.17) is 4.42 Å². The van der Waals surface area contributed by atoms with Gasteiger partial charge in [-0.25, -0.2) is 27.3 Å². The predicted octanol–water partition coefficient (Wildman–Crippen LogP) is 3.59. The van der Waals surface area contributed by atoms with Gasteiger partial charge in [0, 0.05) is 11.6 Å². The Morgan fingerprint density at radius 3 is 2.32 bits per heavy atom. The Kier molecular flexibility index (Phi) is 7.60. The first-order valence-electron chi connectivity index (χ1n) is 11.7. The van der Waals surface area contributed by atoms with Gasteiger partial charge >= 0.3 is 6.09 Å². The second-order valence-corrected chi connectivity index (χ2v) is 10.8. The van der Waals surface area contributed by atoms with Crippen molar-refractivity contribution in [2.24, 2.45) is 0 Å². The van der Waals surface area contributed by atoms with Gasteiger partial charge in [0.05, 0.1) is 10.9 Å². The van der Waals surface area contributed by atoms with E-state index >= 15 is 0 Å².